The van der Waals surface area contributed by atoms with Gasteiger partial charge in [-0.1, -0.05) is 6.07 Å². The van der Waals surface area contributed by atoms with Gasteiger partial charge >= 0.3 is 5.97 Å². The van der Waals surface area contributed by atoms with Crippen molar-refractivity contribution < 1.29 is 23.8 Å². The molecule has 7 heteroatoms. The fourth-order valence-electron chi connectivity index (χ4n) is 1.52. The van der Waals surface area contributed by atoms with Crippen LogP contribution >= 0.6 is 0 Å². The monoisotopic (exact) mass is 288 g/mol. The van der Waals surface area contributed by atoms with Crippen molar-refractivity contribution in [3.8, 4) is 5.75 Å². The van der Waals surface area contributed by atoms with Gasteiger partial charge in [0.05, 0.1) is 13.3 Å². The molecule has 0 saturated carbocycles. The van der Waals surface area contributed by atoms with Crippen LogP contribution in [0.2, 0.25) is 0 Å². The third-order valence-corrected chi connectivity index (χ3v) is 2.53. The Balaban J connectivity index is 1.99. The molecule has 0 aliphatic rings. The molecule has 0 spiro atoms. The van der Waals surface area contributed by atoms with Crippen molar-refractivity contribution in [3.63, 3.8) is 0 Å². The number of hydrogen-bond acceptors (Lipinski definition) is 5. The van der Waals surface area contributed by atoms with Crippen molar-refractivity contribution in [1.29, 1.82) is 0 Å². The summed E-state index contributed by atoms with van der Waals surface area (Å²) in [7, 11) is 1.51. The van der Waals surface area contributed by atoms with E-state index in [0.717, 1.165) is 0 Å². The summed E-state index contributed by atoms with van der Waals surface area (Å²) in [4.78, 5) is 22.4. The van der Waals surface area contributed by atoms with Crippen molar-refractivity contribution in [2.24, 2.45) is 5.10 Å². The SMILES string of the molecule is COc1cccc(C(=O)N/N=C/c2ccc(C(=O)O)o2)c1. The highest BCUT2D eigenvalue weighted by Gasteiger charge is 2.08. The Bertz CT molecular complexity index is 690. The van der Waals surface area contributed by atoms with Crippen molar-refractivity contribution in [2.45, 2.75) is 0 Å². The first-order chi connectivity index (χ1) is 10.1. The van der Waals surface area contributed by atoms with Crippen LogP contribution in [0, 0.1) is 0 Å². The number of rotatable bonds is 5. The minimum atomic E-state index is -1.17. The van der Waals surface area contributed by atoms with Crippen LogP contribution < -0.4 is 10.2 Å². The number of amides is 1. The minimum absolute atomic E-state index is 0.199. The molecule has 2 N–H and O–H groups in total. The van der Waals surface area contributed by atoms with Crippen LogP contribution in [0.5, 0.6) is 5.75 Å². The second kappa shape index (κ2) is 6.38. The molecule has 1 amide bonds. The molecule has 0 aliphatic carbocycles. The van der Waals surface area contributed by atoms with Gasteiger partial charge in [0, 0.05) is 5.56 Å². The van der Waals surface area contributed by atoms with E-state index in [9.17, 15) is 9.59 Å². The van der Waals surface area contributed by atoms with Gasteiger partial charge in [0.1, 0.15) is 11.5 Å². The smallest absolute Gasteiger partial charge is 0.371 e. The molecule has 21 heavy (non-hydrogen) atoms. The normalized spacial score (nSPS) is 10.5. The van der Waals surface area contributed by atoms with Gasteiger partial charge in [-0.05, 0) is 30.3 Å². The molecule has 0 bridgehead atoms. The van der Waals surface area contributed by atoms with E-state index in [0.29, 0.717) is 11.3 Å². The zero-order valence-corrected chi connectivity index (χ0v) is 11.1. The van der Waals surface area contributed by atoms with Gasteiger partial charge in [0.25, 0.3) is 5.91 Å². The fraction of sp³-hybridized carbons (Fsp3) is 0.0714. The minimum Gasteiger partial charge on any atom is -0.497 e. The maximum atomic E-state index is 11.8. The first-order valence-electron chi connectivity index (χ1n) is 5.91. The predicted octanol–water partition coefficient (Wildman–Crippen LogP) is 1.75. The van der Waals surface area contributed by atoms with E-state index in [-0.39, 0.29) is 11.5 Å². The third-order valence-electron chi connectivity index (χ3n) is 2.53. The highest BCUT2D eigenvalue weighted by atomic mass is 16.5. The summed E-state index contributed by atoms with van der Waals surface area (Å²) in [5, 5.41) is 12.4. The second-order valence-corrected chi connectivity index (χ2v) is 3.94. The zero-order chi connectivity index (χ0) is 15.2. The Hall–Kier alpha value is -3.09. The zero-order valence-electron chi connectivity index (χ0n) is 11.1. The summed E-state index contributed by atoms with van der Waals surface area (Å²) in [5.41, 5.74) is 2.69. The van der Waals surface area contributed by atoms with Gasteiger partial charge in [0.2, 0.25) is 5.76 Å². The van der Waals surface area contributed by atoms with E-state index in [2.05, 4.69) is 10.5 Å². The first kappa shape index (κ1) is 14.3. The average Bonchev–Trinajstić information content (AvgIpc) is 2.96. The number of nitrogens with zero attached hydrogens (tertiary/aromatic N) is 1. The number of methoxy groups -OCH3 is 1. The summed E-state index contributed by atoms with van der Waals surface area (Å²) in [6.45, 7) is 0. The lowest BCUT2D eigenvalue weighted by atomic mass is 10.2. The number of hydrazone groups is 1. The molecule has 0 aliphatic heterocycles. The van der Waals surface area contributed by atoms with E-state index in [4.69, 9.17) is 14.3 Å². The predicted molar refractivity (Wildman–Crippen MR) is 73.7 cm³/mol. The van der Waals surface area contributed by atoms with E-state index in [1.807, 2.05) is 0 Å². The summed E-state index contributed by atoms with van der Waals surface area (Å²) in [6, 6.07) is 9.32. The highest BCUT2D eigenvalue weighted by molar-refractivity contribution is 5.95. The second-order valence-electron chi connectivity index (χ2n) is 3.94. The van der Waals surface area contributed by atoms with E-state index < -0.39 is 11.9 Å². The topological polar surface area (TPSA) is 101 Å². The molecule has 2 rings (SSSR count). The quantitative estimate of drug-likeness (QED) is 0.644. The molecule has 0 fully saturated rings. The molecular formula is C14H12N2O5. The van der Waals surface area contributed by atoms with Gasteiger partial charge in [-0.3, -0.25) is 4.79 Å². The first-order valence-corrected chi connectivity index (χ1v) is 5.91. The van der Waals surface area contributed by atoms with Crippen LogP contribution in [-0.2, 0) is 0 Å². The lowest BCUT2D eigenvalue weighted by Crippen LogP contribution is -2.17. The molecule has 1 heterocycles. The lowest BCUT2D eigenvalue weighted by Gasteiger charge is -2.02. The molecule has 108 valence electrons. The molecule has 0 saturated heterocycles. The number of aromatic carboxylic acids is 1. The van der Waals surface area contributed by atoms with Crippen LogP contribution in [0.3, 0.4) is 0 Å². The number of hydrogen-bond donors (Lipinski definition) is 2. The molecule has 2 aromatic rings. The third kappa shape index (κ3) is 3.69. The summed E-state index contributed by atoms with van der Waals surface area (Å²) < 4.78 is 9.96. The van der Waals surface area contributed by atoms with E-state index >= 15 is 0 Å². The Labute approximate surface area is 119 Å². The van der Waals surface area contributed by atoms with Crippen molar-refractivity contribution in [3.05, 3.63) is 53.5 Å². The van der Waals surface area contributed by atoms with Crippen LogP contribution in [-0.4, -0.2) is 30.3 Å². The number of carbonyl (C=O) groups is 2. The number of nitrogens with one attached hydrogen (secondary N) is 1. The Morgan fingerprint density at radius 1 is 1.33 bits per heavy atom. The number of carboxylic acid groups (broad SMARTS) is 1. The summed E-state index contributed by atoms with van der Waals surface area (Å²) >= 11 is 0. The number of carbonyl (C=O) groups excluding carboxylic acids is 1. The Kier molecular flexibility index (Phi) is 4.35. The van der Waals surface area contributed by atoms with Gasteiger partial charge < -0.3 is 14.3 Å². The molecule has 1 aromatic carbocycles. The van der Waals surface area contributed by atoms with Gasteiger partial charge in [-0.15, -0.1) is 0 Å². The molecule has 1 aromatic heterocycles. The van der Waals surface area contributed by atoms with Crippen molar-refractivity contribution in [2.75, 3.05) is 7.11 Å². The maximum Gasteiger partial charge on any atom is 0.371 e. The molecule has 0 atom stereocenters. The molecule has 0 radical (unpaired) electrons. The number of carboxylic acids is 1. The maximum absolute atomic E-state index is 11.8. The number of benzene rings is 1. The number of furan rings is 1. The standard InChI is InChI=1S/C14H12N2O5/c1-20-10-4-2-3-9(7-10)13(17)16-15-8-11-5-6-12(21-11)14(18)19/h2-8H,1H3,(H,16,17)(H,18,19)/b15-8+. The van der Waals surface area contributed by atoms with Gasteiger partial charge in [0.15, 0.2) is 0 Å². The lowest BCUT2D eigenvalue weighted by molar-refractivity contribution is 0.0662. The molecule has 7 nitrogen and oxygen atoms in total. The largest absolute Gasteiger partial charge is 0.497 e. The van der Waals surface area contributed by atoms with Crippen molar-refractivity contribution >= 4 is 18.1 Å². The van der Waals surface area contributed by atoms with Gasteiger partial charge in [-0.25, -0.2) is 10.2 Å². The molecule has 0 unspecified atom stereocenters. The Morgan fingerprint density at radius 3 is 2.81 bits per heavy atom. The van der Waals surface area contributed by atoms with Gasteiger partial charge in [-0.2, -0.15) is 5.10 Å². The fourth-order valence-corrected chi connectivity index (χ4v) is 1.52. The summed E-state index contributed by atoms with van der Waals surface area (Å²) in [5.74, 6) is -1.01. The van der Waals surface area contributed by atoms with E-state index in [1.165, 1.54) is 25.5 Å². The Morgan fingerprint density at radius 2 is 2.14 bits per heavy atom. The van der Waals surface area contributed by atoms with Crippen LogP contribution in [0.15, 0.2) is 45.9 Å². The van der Waals surface area contributed by atoms with E-state index in [1.54, 1.807) is 24.3 Å². The molecular weight excluding hydrogens is 276 g/mol. The van der Waals surface area contributed by atoms with Crippen LogP contribution in [0.25, 0.3) is 0 Å². The van der Waals surface area contributed by atoms with Crippen molar-refractivity contribution in [1.82, 2.24) is 5.43 Å². The highest BCUT2D eigenvalue weighted by Crippen LogP contribution is 2.12. The van der Waals surface area contributed by atoms with Crippen LogP contribution in [0.4, 0.5) is 0 Å². The summed E-state index contributed by atoms with van der Waals surface area (Å²) in [6.07, 6.45) is 1.21. The average molecular weight is 288 g/mol. The van der Waals surface area contributed by atoms with Crippen LogP contribution in [0.1, 0.15) is 26.7 Å². The number of ether oxygens (including phenoxy) is 1.